The van der Waals surface area contributed by atoms with Crippen LogP contribution in [0, 0.1) is 5.92 Å². The van der Waals surface area contributed by atoms with Crippen molar-refractivity contribution in [1.82, 2.24) is 15.3 Å². The highest BCUT2D eigenvalue weighted by molar-refractivity contribution is 6.29. The van der Waals surface area contributed by atoms with E-state index in [0.29, 0.717) is 16.8 Å². The highest BCUT2D eigenvalue weighted by Gasteiger charge is 2.22. The fourth-order valence-electron chi connectivity index (χ4n) is 2.46. The van der Waals surface area contributed by atoms with Crippen molar-refractivity contribution in [3.05, 3.63) is 23.2 Å². The van der Waals surface area contributed by atoms with Gasteiger partial charge in [-0.3, -0.25) is 4.79 Å². The maximum atomic E-state index is 12.0. The summed E-state index contributed by atoms with van der Waals surface area (Å²) >= 11 is 5.64. The fraction of sp³-hybridized carbons (Fsp3) is 0.615. The number of nitrogens with zero attached hydrogens (tertiary/aromatic N) is 2. The minimum absolute atomic E-state index is 0.169. The van der Waals surface area contributed by atoms with Crippen LogP contribution in [0.15, 0.2) is 12.4 Å². The molecule has 0 spiro atoms. The van der Waals surface area contributed by atoms with Crippen molar-refractivity contribution in [2.24, 2.45) is 5.92 Å². The summed E-state index contributed by atoms with van der Waals surface area (Å²) < 4.78 is 0. The number of amides is 1. The number of rotatable bonds is 3. The van der Waals surface area contributed by atoms with E-state index in [0.717, 1.165) is 0 Å². The van der Waals surface area contributed by atoms with Gasteiger partial charge < -0.3 is 5.32 Å². The minimum Gasteiger partial charge on any atom is -0.348 e. The monoisotopic (exact) mass is 267 g/mol. The molecular formula is C13H18ClN3O. The third-order valence-electron chi connectivity index (χ3n) is 3.57. The van der Waals surface area contributed by atoms with Gasteiger partial charge in [0, 0.05) is 6.04 Å². The van der Waals surface area contributed by atoms with Gasteiger partial charge in [-0.1, -0.05) is 30.9 Å². The number of hydrogen-bond donors (Lipinski definition) is 1. The molecule has 1 N–H and O–H groups in total. The molecule has 1 amide bonds. The zero-order chi connectivity index (χ0) is 13.0. The van der Waals surface area contributed by atoms with Crippen molar-refractivity contribution < 1.29 is 4.79 Å². The van der Waals surface area contributed by atoms with Gasteiger partial charge in [0.05, 0.1) is 12.4 Å². The third-order valence-corrected chi connectivity index (χ3v) is 3.76. The van der Waals surface area contributed by atoms with Crippen LogP contribution >= 0.6 is 11.6 Å². The average molecular weight is 268 g/mol. The Hall–Kier alpha value is -1.16. The van der Waals surface area contributed by atoms with Gasteiger partial charge in [-0.25, -0.2) is 9.97 Å². The van der Waals surface area contributed by atoms with E-state index in [1.165, 1.54) is 44.5 Å². The van der Waals surface area contributed by atoms with Gasteiger partial charge in [0.15, 0.2) is 0 Å². The number of hydrogen-bond acceptors (Lipinski definition) is 3. The highest BCUT2D eigenvalue weighted by Crippen LogP contribution is 2.26. The fourth-order valence-corrected chi connectivity index (χ4v) is 2.56. The largest absolute Gasteiger partial charge is 0.348 e. The van der Waals surface area contributed by atoms with Gasteiger partial charge in [-0.05, 0) is 25.7 Å². The first-order chi connectivity index (χ1) is 8.66. The van der Waals surface area contributed by atoms with Gasteiger partial charge in [0.25, 0.3) is 5.91 Å². The summed E-state index contributed by atoms with van der Waals surface area (Å²) in [5.41, 5.74) is 0.321. The molecule has 1 aliphatic carbocycles. The smallest absolute Gasteiger partial charge is 0.271 e. The molecule has 98 valence electrons. The molecule has 18 heavy (non-hydrogen) atoms. The van der Waals surface area contributed by atoms with Crippen LogP contribution in [0.1, 0.15) is 49.5 Å². The first-order valence-electron chi connectivity index (χ1n) is 6.45. The molecule has 1 fully saturated rings. The van der Waals surface area contributed by atoms with E-state index < -0.39 is 0 Å². The second kappa shape index (κ2) is 6.14. The molecule has 0 bridgehead atoms. The Kier molecular flexibility index (Phi) is 4.53. The third kappa shape index (κ3) is 3.42. The van der Waals surface area contributed by atoms with Gasteiger partial charge in [0.2, 0.25) is 0 Å². The predicted molar refractivity (Wildman–Crippen MR) is 70.5 cm³/mol. The van der Waals surface area contributed by atoms with Crippen LogP contribution < -0.4 is 5.32 Å². The molecule has 2 rings (SSSR count). The van der Waals surface area contributed by atoms with E-state index in [9.17, 15) is 4.79 Å². The summed E-state index contributed by atoms with van der Waals surface area (Å²) in [6.45, 7) is 2.07. The normalized spacial score (nSPS) is 18.3. The maximum Gasteiger partial charge on any atom is 0.271 e. The van der Waals surface area contributed by atoms with E-state index in [1.807, 2.05) is 0 Å². The van der Waals surface area contributed by atoms with Crippen LogP contribution in [0.5, 0.6) is 0 Å². The van der Waals surface area contributed by atoms with Crippen LogP contribution in [-0.2, 0) is 0 Å². The predicted octanol–water partition coefficient (Wildman–Crippen LogP) is 2.83. The summed E-state index contributed by atoms with van der Waals surface area (Å²) in [6.07, 6.45) is 9.06. The van der Waals surface area contributed by atoms with Gasteiger partial charge >= 0.3 is 0 Å². The van der Waals surface area contributed by atoms with Crippen LogP contribution in [0.2, 0.25) is 5.15 Å². The molecule has 1 atom stereocenters. The number of halogens is 1. The molecule has 5 heteroatoms. The summed E-state index contributed by atoms with van der Waals surface area (Å²) in [5.74, 6) is 0.417. The zero-order valence-electron chi connectivity index (χ0n) is 10.5. The van der Waals surface area contributed by atoms with Crippen LogP contribution in [0.4, 0.5) is 0 Å². The molecule has 0 aliphatic heterocycles. The molecule has 1 aromatic rings. The Labute approximate surface area is 112 Å². The van der Waals surface area contributed by atoms with Crippen molar-refractivity contribution in [2.75, 3.05) is 0 Å². The first kappa shape index (κ1) is 13.3. The Morgan fingerprint density at radius 3 is 2.67 bits per heavy atom. The lowest BCUT2D eigenvalue weighted by atomic mass is 9.84. The second-order valence-electron chi connectivity index (χ2n) is 4.88. The summed E-state index contributed by atoms with van der Waals surface area (Å²) in [7, 11) is 0. The Morgan fingerprint density at radius 2 is 2.06 bits per heavy atom. The number of carbonyl (C=O) groups excluding carboxylic acids is 1. The van der Waals surface area contributed by atoms with E-state index in [-0.39, 0.29) is 11.9 Å². The lowest BCUT2D eigenvalue weighted by Crippen LogP contribution is -2.39. The van der Waals surface area contributed by atoms with E-state index in [1.54, 1.807) is 0 Å². The Bertz CT molecular complexity index is 401. The molecule has 0 radical (unpaired) electrons. The molecule has 1 unspecified atom stereocenters. The minimum atomic E-state index is -0.169. The lowest BCUT2D eigenvalue weighted by Gasteiger charge is -2.28. The lowest BCUT2D eigenvalue weighted by molar-refractivity contribution is 0.0914. The zero-order valence-corrected chi connectivity index (χ0v) is 11.3. The quantitative estimate of drug-likeness (QED) is 0.916. The van der Waals surface area contributed by atoms with Gasteiger partial charge in [-0.2, -0.15) is 0 Å². The van der Waals surface area contributed by atoms with Crippen molar-refractivity contribution in [2.45, 2.75) is 45.1 Å². The molecule has 1 saturated carbocycles. The second-order valence-corrected chi connectivity index (χ2v) is 5.27. The van der Waals surface area contributed by atoms with Crippen molar-refractivity contribution in [3.63, 3.8) is 0 Å². The maximum absolute atomic E-state index is 12.0. The molecule has 1 aliphatic rings. The Morgan fingerprint density at radius 1 is 1.33 bits per heavy atom. The molecule has 1 aromatic heterocycles. The first-order valence-corrected chi connectivity index (χ1v) is 6.83. The Balaban J connectivity index is 1.91. The summed E-state index contributed by atoms with van der Waals surface area (Å²) in [5, 5.41) is 3.30. The van der Waals surface area contributed by atoms with Gasteiger partial charge in [-0.15, -0.1) is 0 Å². The van der Waals surface area contributed by atoms with Crippen LogP contribution in [0.3, 0.4) is 0 Å². The number of carbonyl (C=O) groups is 1. The molecule has 0 aromatic carbocycles. The average Bonchev–Trinajstić information content (AvgIpc) is 2.40. The van der Waals surface area contributed by atoms with E-state index >= 15 is 0 Å². The molecular weight excluding hydrogens is 250 g/mol. The molecule has 0 saturated heterocycles. The standard InChI is InChI=1S/C13H18ClN3O/c1-9(10-5-3-2-4-6-10)17-13(18)11-7-16-12(14)8-15-11/h7-10H,2-6H2,1H3,(H,17,18). The number of nitrogens with one attached hydrogen (secondary N) is 1. The molecule has 4 nitrogen and oxygen atoms in total. The molecule has 1 heterocycles. The number of aromatic nitrogens is 2. The van der Waals surface area contributed by atoms with Crippen molar-refractivity contribution in [1.29, 1.82) is 0 Å². The topological polar surface area (TPSA) is 54.9 Å². The van der Waals surface area contributed by atoms with Crippen molar-refractivity contribution in [3.8, 4) is 0 Å². The summed E-state index contributed by atoms with van der Waals surface area (Å²) in [4.78, 5) is 19.8. The van der Waals surface area contributed by atoms with E-state index in [4.69, 9.17) is 11.6 Å². The van der Waals surface area contributed by atoms with Gasteiger partial charge in [0.1, 0.15) is 10.8 Å². The SMILES string of the molecule is CC(NC(=O)c1cnc(Cl)cn1)C1CCCCC1. The highest BCUT2D eigenvalue weighted by atomic mass is 35.5. The summed E-state index contributed by atoms with van der Waals surface area (Å²) in [6, 6.07) is 0.190. The van der Waals surface area contributed by atoms with Crippen LogP contribution in [-0.4, -0.2) is 21.9 Å². The van der Waals surface area contributed by atoms with Crippen LogP contribution in [0.25, 0.3) is 0 Å². The van der Waals surface area contributed by atoms with Crippen molar-refractivity contribution >= 4 is 17.5 Å². The van der Waals surface area contributed by atoms with E-state index in [2.05, 4.69) is 22.2 Å².